The molecule has 2 aromatic rings. The van der Waals surface area contributed by atoms with Gasteiger partial charge in [-0.1, -0.05) is 12.2 Å². The highest BCUT2D eigenvalue weighted by molar-refractivity contribution is 9.10. The number of ether oxygens (including phenoxy) is 2. The van der Waals surface area contributed by atoms with Crippen molar-refractivity contribution in [3.05, 3.63) is 41.0 Å². The van der Waals surface area contributed by atoms with Gasteiger partial charge in [-0.3, -0.25) is 4.79 Å². The number of methoxy groups -OCH3 is 1. The van der Waals surface area contributed by atoms with Crippen molar-refractivity contribution in [1.82, 2.24) is 20.1 Å². The molecule has 2 N–H and O–H groups in total. The molecule has 3 aliphatic rings. The van der Waals surface area contributed by atoms with E-state index in [0.29, 0.717) is 24.6 Å². The zero-order valence-corrected chi connectivity index (χ0v) is 22.9. The van der Waals surface area contributed by atoms with Crippen LogP contribution in [0.15, 0.2) is 41.0 Å². The number of fused-ring (bicyclic) bond motifs is 3. The summed E-state index contributed by atoms with van der Waals surface area (Å²) >= 11 is 3.52. The lowest BCUT2D eigenvalue weighted by molar-refractivity contribution is -0.144. The van der Waals surface area contributed by atoms with Crippen molar-refractivity contribution >= 4 is 44.6 Å². The number of carboxylic acids is 1. The van der Waals surface area contributed by atoms with Crippen LogP contribution in [0, 0.1) is 5.92 Å². The number of urea groups is 1. The summed E-state index contributed by atoms with van der Waals surface area (Å²) in [5, 5.41) is 14.3. The van der Waals surface area contributed by atoms with Crippen molar-refractivity contribution in [2.45, 2.75) is 49.8 Å². The molecule has 1 aliphatic carbocycles. The maximum atomic E-state index is 13.5. The Labute approximate surface area is 229 Å². The molecule has 3 heterocycles. The van der Waals surface area contributed by atoms with Crippen molar-refractivity contribution in [3.63, 3.8) is 0 Å². The Bertz CT molecular complexity index is 1300. The number of benzene rings is 1. The van der Waals surface area contributed by atoms with Crippen LogP contribution in [0.2, 0.25) is 0 Å². The molecule has 0 radical (unpaired) electrons. The number of carboxylic acid groups (broad SMARTS) is 1. The SMILES string of the molecule is COc1ccc2c(OC3CC4C(=O)NC5(C(=O)O)CC5/C=C/CCCCN(C)C(=O)N4C3)ncc(Br)c2c1. The van der Waals surface area contributed by atoms with Crippen LogP contribution in [-0.4, -0.2) is 82.7 Å². The second kappa shape index (κ2) is 10.4. The smallest absolute Gasteiger partial charge is 0.330 e. The molecule has 202 valence electrons. The summed E-state index contributed by atoms with van der Waals surface area (Å²) in [5.74, 6) is -0.723. The van der Waals surface area contributed by atoms with Gasteiger partial charge in [-0.15, -0.1) is 0 Å². The van der Waals surface area contributed by atoms with E-state index in [1.807, 2.05) is 30.4 Å². The number of hydrogen-bond donors (Lipinski definition) is 2. The summed E-state index contributed by atoms with van der Waals surface area (Å²) in [4.78, 5) is 46.6. The van der Waals surface area contributed by atoms with Crippen molar-refractivity contribution in [2.24, 2.45) is 5.92 Å². The van der Waals surface area contributed by atoms with Gasteiger partial charge in [0.15, 0.2) is 0 Å². The highest BCUT2D eigenvalue weighted by Crippen LogP contribution is 2.45. The quantitative estimate of drug-likeness (QED) is 0.525. The number of halogens is 1. The third-order valence-electron chi connectivity index (χ3n) is 7.65. The molecule has 1 aromatic carbocycles. The van der Waals surface area contributed by atoms with E-state index in [1.165, 1.54) is 4.90 Å². The van der Waals surface area contributed by atoms with Gasteiger partial charge in [-0.2, -0.15) is 0 Å². The van der Waals surface area contributed by atoms with Gasteiger partial charge in [0.25, 0.3) is 0 Å². The number of nitrogens with one attached hydrogen (secondary N) is 1. The van der Waals surface area contributed by atoms with E-state index in [9.17, 15) is 19.5 Å². The predicted molar refractivity (Wildman–Crippen MR) is 143 cm³/mol. The van der Waals surface area contributed by atoms with E-state index < -0.39 is 29.6 Å². The number of carbonyl (C=O) groups is 3. The molecule has 4 atom stereocenters. The zero-order chi connectivity index (χ0) is 27.0. The standard InChI is InChI=1S/C27H31BrN4O6/c1-31-10-6-4-3-5-7-16-13-27(16,25(34)35)30-23(33)22-12-18(15-32(22)26(31)36)38-24-19-9-8-17(37-2)11-20(19)21(28)14-29-24/h5,7-9,11,14,16,18,22H,3-4,6,10,12-13,15H2,1-2H3,(H,30,33)(H,34,35)/b7-5+. The number of nitrogens with zero attached hydrogens (tertiary/aromatic N) is 3. The third kappa shape index (κ3) is 4.91. The van der Waals surface area contributed by atoms with E-state index >= 15 is 0 Å². The molecular formula is C27H31BrN4O6. The largest absolute Gasteiger partial charge is 0.497 e. The fraction of sp³-hybridized carbons (Fsp3) is 0.481. The molecule has 1 saturated carbocycles. The number of amides is 3. The van der Waals surface area contributed by atoms with Crippen LogP contribution in [0.5, 0.6) is 11.6 Å². The second-order valence-electron chi connectivity index (χ2n) is 10.2. The molecule has 0 bridgehead atoms. The number of carbonyl (C=O) groups excluding carboxylic acids is 2. The molecule has 38 heavy (non-hydrogen) atoms. The van der Waals surface area contributed by atoms with Gasteiger partial charge in [-0.25, -0.2) is 14.6 Å². The molecule has 1 saturated heterocycles. The zero-order valence-electron chi connectivity index (χ0n) is 21.4. The molecule has 1 aromatic heterocycles. The molecule has 2 fully saturated rings. The van der Waals surface area contributed by atoms with E-state index in [-0.39, 0.29) is 24.9 Å². The van der Waals surface area contributed by atoms with Crippen LogP contribution >= 0.6 is 15.9 Å². The van der Waals surface area contributed by atoms with Gasteiger partial charge >= 0.3 is 12.0 Å². The van der Waals surface area contributed by atoms with Crippen molar-refractivity contribution in [1.29, 1.82) is 0 Å². The monoisotopic (exact) mass is 586 g/mol. The molecule has 4 unspecified atom stereocenters. The number of rotatable bonds is 4. The van der Waals surface area contributed by atoms with E-state index in [4.69, 9.17) is 9.47 Å². The lowest BCUT2D eigenvalue weighted by Crippen LogP contribution is -2.54. The Kier molecular flexibility index (Phi) is 7.21. The minimum absolute atomic E-state index is 0.181. The van der Waals surface area contributed by atoms with Crippen LogP contribution in [0.4, 0.5) is 4.79 Å². The second-order valence-corrected chi connectivity index (χ2v) is 11.0. The average molecular weight is 587 g/mol. The highest BCUT2D eigenvalue weighted by atomic mass is 79.9. The topological polar surface area (TPSA) is 121 Å². The highest BCUT2D eigenvalue weighted by Gasteiger charge is 2.61. The van der Waals surface area contributed by atoms with Gasteiger partial charge in [0.1, 0.15) is 23.4 Å². The van der Waals surface area contributed by atoms with Gasteiger partial charge in [0, 0.05) is 47.4 Å². The van der Waals surface area contributed by atoms with Crippen LogP contribution in [0.1, 0.15) is 32.1 Å². The molecule has 5 rings (SSSR count). The first-order valence-electron chi connectivity index (χ1n) is 12.8. The molecular weight excluding hydrogens is 556 g/mol. The molecule has 2 aliphatic heterocycles. The van der Waals surface area contributed by atoms with Gasteiger partial charge in [0.05, 0.1) is 13.7 Å². The summed E-state index contributed by atoms with van der Waals surface area (Å²) in [6.07, 6.45) is 8.06. The molecule has 11 heteroatoms. The van der Waals surface area contributed by atoms with E-state index in [2.05, 4.69) is 26.2 Å². The third-order valence-corrected chi connectivity index (χ3v) is 8.28. The first-order valence-corrected chi connectivity index (χ1v) is 13.6. The summed E-state index contributed by atoms with van der Waals surface area (Å²) in [6, 6.07) is 4.41. The number of aromatic nitrogens is 1. The number of hydrogen-bond acceptors (Lipinski definition) is 6. The Morgan fingerprint density at radius 1 is 1.26 bits per heavy atom. The Morgan fingerprint density at radius 2 is 2.08 bits per heavy atom. The van der Waals surface area contributed by atoms with Gasteiger partial charge in [0.2, 0.25) is 11.8 Å². The Hall–Kier alpha value is -3.34. The minimum atomic E-state index is -1.33. The van der Waals surface area contributed by atoms with Crippen molar-refractivity contribution in [2.75, 3.05) is 27.2 Å². The first kappa shape index (κ1) is 26.3. The number of aliphatic carboxylic acids is 1. The van der Waals surface area contributed by atoms with E-state index in [0.717, 1.165) is 34.5 Å². The lowest BCUT2D eigenvalue weighted by atomic mass is 10.1. The van der Waals surface area contributed by atoms with Crippen molar-refractivity contribution < 1.29 is 29.0 Å². The minimum Gasteiger partial charge on any atom is -0.497 e. The maximum Gasteiger partial charge on any atom is 0.330 e. The average Bonchev–Trinajstić information content (AvgIpc) is 3.44. The fourth-order valence-corrected chi connectivity index (χ4v) is 5.77. The number of allylic oxidation sites excluding steroid dienone is 1. The summed E-state index contributed by atoms with van der Waals surface area (Å²) in [6.45, 7) is 0.742. The first-order chi connectivity index (χ1) is 18.2. The van der Waals surface area contributed by atoms with Gasteiger partial charge < -0.3 is 29.7 Å². The normalized spacial score (nSPS) is 28.7. The van der Waals surface area contributed by atoms with E-state index in [1.54, 1.807) is 25.3 Å². The van der Waals surface area contributed by atoms with Crippen LogP contribution in [-0.2, 0) is 9.59 Å². The summed E-state index contributed by atoms with van der Waals surface area (Å²) in [5.41, 5.74) is -1.33. The lowest BCUT2D eigenvalue weighted by Gasteiger charge is -2.29. The summed E-state index contributed by atoms with van der Waals surface area (Å²) in [7, 11) is 3.32. The number of pyridine rings is 1. The Morgan fingerprint density at radius 3 is 2.84 bits per heavy atom. The Balaban J connectivity index is 1.42. The maximum absolute atomic E-state index is 13.5. The predicted octanol–water partition coefficient (Wildman–Crippen LogP) is 3.58. The molecule has 10 nitrogen and oxygen atoms in total. The summed E-state index contributed by atoms with van der Waals surface area (Å²) < 4.78 is 12.4. The van der Waals surface area contributed by atoms with Crippen LogP contribution in [0.25, 0.3) is 10.8 Å². The van der Waals surface area contributed by atoms with Crippen LogP contribution in [0.3, 0.4) is 0 Å². The molecule has 3 amide bonds. The van der Waals surface area contributed by atoms with Gasteiger partial charge in [-0.05, 0) is 59.8 Å². The van der Waals surface area contributed by atoms with Crippen molar-refractivity contribution in [3.8, 4) is 11.6 Å². The van der Waals surface area contributed by atoms with Crippen LogP contribution < -0.4 is 14.8 Å². The fourth-order valence-electron chi connectivity index (χ4n) is 5.34. The molecule has 0 spiro atoms.